The lowest BCUT2D eigenvalue weighted by atomic mass is 10.1. The van der Waals surface area contributed by atoms with E-state index >= 15 is 0 Å². The third-order valence-corrected chi connectivity index (χ3v) is 5.66. The molecule has 0 heterocycles. The number of carbonyl (C=O) groups excluding carboxylic acids is 1. The van der Waals surface area contributed by atoms with Gasteiger partial charge in [-0.05, 0) is 50.2 Å². The van der Waals surface area contributed by atoms with Crippen molar-refractivity contribution in [1.82, 2.24) is 4.72 Å². The number of anilines is 1. The molecule has 0 unspecified atom stereocenters. The van der Waals surface area contributed by atoms with Gasteiger partial charge in [0.1, 0.15) is 22.8 Å². The molecule has 8 nitrogen and oxygen atoms in total. The van der Waals surface area contributed by atoms with Gasteiger partial charge in [0.2, 0.25) is 15.9 Å². The molecule has 0 spiro atoms. The predicted molar refractivity (Wildman–Crippen MR) is 106 cm³/mol. The zero-order valence-electron chi connectivity index (χ0n) is 16.4. The number of nitrogens with one attached hydrogen (secondary N) is 2. The minimum absolute atomic E-state index is 0.0243. The fourth-order valence-electron chi connectivity index (χ4n) is 2.38. The molecule has 2 aromatic carbocycles. The van der Waals surface area contributed by atoms with Crippen molar-refractivity contribution in [3.63, 3.8) is 0 Å². The van der Waals surface area contributed by atoms with Crippen molar-refractivity contribution < 1.29 is 27.4 Å². The lowest BCUT2D eigenvalue weighted by Gasteiger charge is -2.25. The smallest absolute Gasteiger partial charge is 0.245 e. The highest BCUT2D eigenvalue weighted by Gasteiger charge is 2.33. The maximum Gasteiger partial charge on any atom is 0.245 e. The van der Waals surface area contributed by atoms with E-state index < -0.39 is 21.5 Å². The van der Waals surface area contributed by atoms with Crippen molar-refractivity contribution in [3.8, 4) is 17.2 Å². The first-order valence-corrected chi connectivity index (χ1v) is 9.83. The van der Waals surface area contributed by atoms with Gasteiger partial charge in [-0.2, -0.15) is 4.72 Å². The number of sulfonamides is 1. The van der Waals surface area contributed by atoms with Crippen molar-refractivity contribution in [2.45, 2.75) is 24.3 Å². The highest BCUT2D eigenvalue weighted by molar-refractivity contribution is 7.89. The third kappa shape index (κ3) is 4.93. The number of hydrogen-bond donors (Lipinski definition) is 2. The summed E-state index contributed by atoms with van der Waals surface area (Å²) in [6.45, 7) is 2.94. The molecule has 9 heteroatoms. The Morgan fingerprint density at radius 2 is 1.46 bits per heavy atom. The molecule has 0 aliphatic rings. The summed E-state index contributed by atoms with van der Waals surface area (Å²) in [4.78, 5) is 12.7. The van der Waals surface area contributed by atoms with Crippen LogP contribution in [0.5, 0.6) is 17.2 Å². The highest BCUT2D eigenvalue weighted by Crippen LogP contribution is 2.29. The summed E-state index contributed by atoms with van der Waals surface area (Å²) < 4.78 is 43.1. The minimum atomic E-state index is -3.92. The summed E-state index contributed by atoms with van der Waals surface area (Å²) in [5.41, 5.74) is -1.03. The quantitative estimate of drug-likeness (QED) is 0.695. The Balaban J connectivity index is 2.20. The lowest BCUT2D eigenvalue weighted by Crippen LogP contribution is -2.52. The third-order valence-electron chi connectivity index (χ3n) is 3.98. The molecule has 0 aliphatic carbocycles. The average molecular weight is 408 g/mol. The molecule has 0 aliphatic heterocycles. The van der Waals surface area contributed by atoms with Crippen LogP contribution in [-0.2, 0) is 14.8 Å². The van der Waals surface area contributed by atoms with E-state index in [0.29, 0.717) is 22.9 Å². The van der Waals surface area contributed by atoms with Crippen LogP contribution in [0.3, 0.4) is 0 Å². The molecule has 0 aromatic heterocycles. The van der Waals surface area contributed by atoms with Gasteiger partial charge in [0, 0.05) is 6.07 Å². The summed E-state index contributed by atoms with van der Waals surface area (Å²) >= 11 is 0. The largest absolute Gasteiger partial charge is 0.497 e. The van der Waals surface area contributed by atoms with Gasteiger partial charge in [-0.1, -0.05) is 0 Å². The Bertz CT molecular complexity index is 939. The summed E-state index contributed by atoms with van der Waals surface area (Å²) in [5.74, 6) is 0.937. The van der Waals surface area contributed by atoms with Crippen molar-refractivity contribution in [2.75, 3.05) is 26.6 Å². The van der Waals surface area contributed by atoms with Crippen molar-refractivity contribution in [3.05, 3.63) is 42.5 Å². The van der Waals surface area contributed by atoms with E-state index in [2.05, 4.69) is 10.0 Å². The van der Waals surface area contributed by atoms with E-state index in [1.54, 1.807) is 18.2 Å². The first-order valence-electron chi connectivity index (χ1n) is 8.34. The number of ether oxygens (including phenoxy) is 3. The average Bonchev–Trinajstić information content (AvgIpc) is 2.67. The number of carbonyl (C=O) groups is 1. The van der Waals surface area contributed by atoms with E-state index in [1.807, 2.05) is 0 Å². The standard InChI is InChI=1S/C19H24N2O6S/c1-19(2,21-28(23,24)15-9-6-13(25-3)7-10-15)18(22)20-16-11-8-14(26-4)12-17(16)27-5/h6-12,21H,1-5H3,(H,20,22). The molecule has 2 rings (SSSR count). The normalized spacial score (nSPS) is 11.6. The van der Waals surface area contributed by atoms with Crippen molar-refractivity contribution in [2.24, 2.45) is 0 Å². The van der Waals surface area contributed by atoms with Crippen LogP contribution < -0.4 is 24.2 Å². The van der Waals surface area contributed by atoms with Gasteiger partial charge in [-0.25, -0.2) is 8.42 Å². The fraction of sp³-hybridized carbons (Fsp3) is 0.316. The molecule has 0 saturated heterocycles. The van der Waals surface area contributed by atoms with Crippen LogP contribution in [0.25, 0.3) is 0 Å². The number of methoxy groups -OCH3 is 3. The molecule has 28 heavy (non-hydrogen) atoms. The Morgan fingerprint density at radius 1 is 0.893 bits per heavy atom. The van der Waals surface area contributed by atoms with E-state index in [1.165, 1.54) is 59.4 Å². The molecular formula is C19H24N2O6S. The highest BCUT2D eigenvalue weighted by atomic mass is 32.2. The van der Waals surface area contributed by atoms with E-state index in [4.69, 9.17) is 14.2 Å². The number of hydrogen-bond acceptors (Lipinski definition) is 6. The van der Waals surface area contributed by atoms with Gasteiger partial charge in [-0.3, -0.25) is 4.79 Å². The Labute approximate surface area is 164 Å². The molecule has 0 radical (unpaired) electrons. The molecule has 0 bridgehead atoms. The van der Waals surface area contributed by atoms with Gasteiger partial charge in [-0.15, -0.1) is 0 Å². The monoisotopic (exact) mass is 408 g/mol. The zero-order chi connectivity index (χ0) is 20.9. The van der Waals surface area contributed by atoms with Crippen LogP contribution in [-0.4, -0.2) is 41.2 Å². The number of amides is 1. The maximum absolute atomic E-state index is 12.7. The molecule has 152 valence electrons. The summed E-state index contributed by atoms with van der Waals surface area (Å²) in [5, 5.41) is 2.68. The van der Waals surface area contributed by atoms with Crippen LogP contribution in [0.15, 0.2) is 47.4 Å². The molecule has 2 N–H and O–H groups in total. The van der Waals surface area contributed by atoms with E-state index in [9.17, 15) is 13.2 Å². The van der Waals surface area contributed by atoms with Crippen molar-refractivity contribution >= 4 is 21.6 Å². The lowest BCUT2D eigenvalue weighted by molar-refractivity contribution is -0.120. The second-order valence-corrected chi connectivity index (χ2v) is 8.11. The zero-order valence-corrected chi connectivity index (χ0v) is 17.2. The van der Waals surface area contributed by atoms with Gasteiger partial charge in [0.25, 0.3) is 0 Å². The number of rotatable bonds is 8. The van der Waals surface area contributed by atoms with Crippen LogP contribution in [0, 0.1) is 0 Å². The van der Waals surface area contributed by atoms with E-state index in [0.717, 1.165) is 0 Å². The second kappa shape index (κ2) is 8.49. The predicted octanol–water partition coefficient (Wildman–Crippen LogP) is 2.41. The molecule has 0 saturated carbocycles. The summed E-state index contributed by atoms with van der Waals surface area (Å²) in [6.07, 6.45) is 0. The molecule has 1 amide bonds. The SMILES string of the molecule is COc1ccc(S(=O)(=O)NC(C)(C)C(=O)Nc2ccc(OC)cc2OC)cc1. The first-order chi connectivity index (χ1) is 13.1. The second-order valence-electron chi connectivity index (χ2n) is 6.43. The summed E-state index contributed by atoms with van der Waals surface area (Å²) in [7, 11) is 0.543. The van der Waals surface area contributed by atoms with Gasteiger partial charge in [0.05, 0.1) is 31.9 Å². The fourth-order valence-corrected chi connectivity index (χ4v) is 3.75. The maximum atomic E-state index is 12.7. The Hall–Kier alpha value is -2.78. The van der Waals surface area contributed by atoms with Gasteiger partial charge < -0.3 is 19.5 Å². The minimum Gasteiger partial charge on any atom is -0.497 e. The first kappa shape index (κ1) is 21.5. The van der Waals surface area contributed by atoms with Gasteiger partial charge >= 0.3 is 0 Å². The summed E-state index contributed by atoms with van der Waals surface area (Å²) in [6, 6.07) is 10.8. The Kier molecular flexibility index (Phi) is 6.52. The van der Waals surface area contributed by atoms with Crippen molar-refractivity contribution in [1.29, 1.82) is 0 Å². The van der Waals surface area contributed by atoms with Crippen LogP contribution in [0.4, 0.5) is 5.69 Å². The van der Waals surface area contributed by atoms with Gasteiger partial charge in [0.15, 0.2) is 0 Å². The topological polar surface area (TPSA) is 103 Å². The van der Waals surface area contributed by atoms with Crippen LogP contribution in [0.2, 0.25) is 0 Å². The van der Waals surface area contributed by atoms with Crippen LogP contribution >= 0.6 is 0 Å². The van der Waals surface area contributed by atoms with E-state index in [-0.39, 0.29) is 4.90 Å². The molecular weight excluding hydrogens is 384 g/mol. The molecule has 0 fully saturated rings. The number of benzene rings is 2. The van der Waals surface area contributed by atoms with Crippen LogP contribution in [0.1, 0.15) is 13.8 Å². The molecule has 2 aromatic rings. The molecule has 0 atom stereocenters. The Morgan fingerprint density at radius 3 is 2.00 bits per heavy atom.